The summed E-state index contributed by atoms with van der Waals surface area (Å²) in [5.74, 6) is -2.92. The SMILES string of the molecule is COCc1cc2c(cc1C(=N)NC1CC(N)C1)CC[C@H]([C@](C)(O/N=C(\C(=O)N[C@@H]1C(=O)N(OS(=O)(=O)O)C1(C)C)c1csc(N)n1)C(=O)O)O2. The van der Waals surface area contributed by atoms with E-state index < -0.39 is 57.2 Å². The van der Waals surface area contributed by atoms with Crippen molar-refractivity contribution in [3.63, 3.8) is 0 Å². The second-order valence-electron chi connectivity index (χ2n) is 12.9. The van der Waals surface area contributed by atoms with Crippen LogP contribution in [0.5, 0.6) is 5.75 Å². The van der Waals surface area contributed by atoms with Gasteiger partial charge in [0.25, 0.3) is 17.4 Å². The van der Waals surface area contributed by atoms with Gasteiger partial charge in [0.15, 0.2) is 16.9 Å². The zero-order valence-corrected chi connectivity index (χ0v) is 29.1. The van der Waals surface area contributed by atoms with Gasteiger partial charge >= 0.3 is 16.4 Å². The number of oxime groups is 1. The molecule has 1 saturated carbocycles. The van der Waals surface area contributed by atoms with Crippen LogP contribution in [0.1, 0.15) is 62.4 Å². The van der Waals surface area contributed by atoms with Crippen molar-refractivity contribution in [2.75, 3.05) is 12.8 Å². The normalized spacial score (nSPS) is 24.1. The molecule has 0 bridgehead atoms. The molecule has 1 aliphatic carbocycles. The number of carbonyl (C=O) groups excluding carboxylic acids is 2. The number of carboxylic acid groups (broad SMARTS) is 1. The van der Waals surface area contributed by atoms with E-state index in [2.05, 4.69) is 25.1 Å². The molecule has 2 aliphatic heterocycles. The number of aromatic nitrogens is 1. The van der Waals surface area contributed by atoms with E-state index in [-0.39, 0.29) is 41.8 Å². The lowest BCUT2D eigenvalue weighted by Gasteiger charge is -2.50. The van der Waals surface area contributed by atoms with Crippen LogP contribution < -0.4 is 26.8 Å². The number of carboxylic acids is 1. The molecule has 5 rings (SSSR count). The molecule has 0 unspecified atom stereocenters. The van der Waals surface area contributed by atoms with E-state index in [1.165, 1.54) is 33.3 Å². The van der Waals surface area contributed by atoms with Crippen LogP contribution in [-0.4, -0.2) is 99.9 Å². The average Bonchev–Trinajstić information content (AvgIpc) is 3.45. The number of benzene rings is 1. The van der Waals surface area contributed by atoms with Crippen molar-refractivity contribution >= 4 is 56.2 Å². The Morgan fingerprint density at radius 2 is 2.00 bits per heavy atom. The molecule has 1 aromatic carbocycles. The number of carbonyl (C=O) groups is 3. The molecule has 2 amide bonds. The molecule has 3 aliphatic rings. The average molecular weight is 739 g/mol. The molecule has 2 fully saturated rings. The molecular formula is C29H38N8O11S2. The van der Waals surface area contributed by atoms with Gasteiger partial charge in [0.05, 0.1) is 12.1 Å². The number of rotatable bonds is 13. The number of amides is 2. The maximum absolute atomic E-state index is 13.5. The number of methoxy groups -OCH3 is 1. The number of thiazole rings is 1. The summed E-state index contributed by atoms with van der Waals surface area (Å²) in [6, 6.07) is 2.36. The maximum Gasteiger partial charge on any atom is 0.418 e. The quantitative estimate of drug-likeness (QED) is 0.0471. The number of hydroxylamine groups is 2. The monoisotopic (exact) mass is 738 g/mol. The highest BCUT2D eigenvalue weighted by atomic mass is 32.3. The molecule has 3 heterocycles. The summed E-state index contributed by atoms with van der Waals surface area (Å²) in [5.41, 5.74) is 9.41. The van der Waals surface area contributed by atoms with Crippen LogP contribution in [0.2, 0.25) is 0 Å². The Balaban J connectivity index is 1.38. The number of hydrogen-bond donors (Lipinski definition) is 7. The van der Waals surface area contributed by atoms with Crippen molar-refractivity contribution in [3.8, 4) is 5.75 Å². The summed E-state index contributed by atoms with van der Waals surface area (Å²) in [5, 5.41) is 30.3. The van der Waals surface area contributed by atoms with Gasteiger partial charge in [0.2, 0.25) is 0 Å². The van der Waals surface area contributed by atoms with Crippen LogP contribution in [0.3, 0.4) is 0 Å². The van der Waals surface area contributed by atoms with Crippen molar-refractivity contribution in [1.29, 1.82) is 5.41 Å². The van der Waals surface area contributed by atoms with E-state index in [1.54, 1.807) is 6.07 Å². The van der Waals surface area contributed by atoms with E-state index in [1.807, 2.05) is 6.07 Å². The zero-order chi connectivity index (χ0) is 36.8. The van der Waals surface area contributed by atoms with E-state index in [0.717, 1.165) is 29.7 Å². The molecule has 21 heteroatoms. The van der Waals surface area contributed by atoms with Crippen LogP contribution in [0.15, 0.2) is 22.7 Å². The van der Waals surface area contributed by atoms with E-state index >= 15 is 0 Å². The smallest absolute Gasteiger partial charge is 0.418 e. The van der Waals surface area contributed by atoms with Gasteiger partial charge in [0, 0.05) is 30.1 Å². The molecule has 2 aromatic rings. The fraction of sp³-hybridized carbons (Fsp3) is 0.517. The molecule has 1 aromatic heterocycles. The number of anilines is 1. The van der Waals surface area contributed by atoms with Crippen molar-refractivity contribution in [1.82, 2.24) is 20.7 Å². The van der Waals surface area contributed by atoms with Gasteiger partial charge in [-0.1, -0.05) is 5.16 Å². The second kappa shape index (κ2) is 13.7. The molecule has 9 N–H and O–H groups in total. The molecular weight excluding hydrogens is 700 g/mol. The Morgan fingerprint density at radius 1 is 1.30 bits per heavy atom. The lowest BCUT2D eigenvalue weighted by atomic mass is 9.84. The number of β-lactam (4-membered cyclic amide) rings is 1. The molecule has 1 saturated heterocycles. The van der Waals surface area contributed by atoms with Gasteiger partial charge in [-0.15, -0.1) is 15.6 Å². The van der Waals surface area contributed by atoms with Gasteiger partial charge in [0.1, 0.15) is 23.3 Å². The number of amidine groups is 1. The Kier molecular flexibility index (Phi) is 10.1. The number of nitrogens with one attached hydrogen (secondary N) is 3. The lowest BCUT2D eigenvalue weighted by Crippen LogP contribution is -2.76. The predicted octanol–water partition coefficient (Wildman–Crippen LogP) is 0.0742. The highest BCUT2D eigenvalue weighted by Crippen LogP contribution is 2.37. The predicted molar refractivity (Wildman–Crippen MR) is 177 cm³/mol. The van der Waals surface area contributed by atoms with Gasteiger partial charge in [-0.3, -0.25) is 19.6 Å². The molecule has 50 heavy (non-hydrogen) atoms. The Labute approximate surface area is 290 Å². The first-order valence-electron chi connectivity index (χ1n) is 15.3. The molecule has 19 nitrogen and oxygen atoms in total. The van der Waals surface area contributed by atoms with Crippen LogP contribution in [0.4, 0.5) is 5.13 Å². The third-order valence-electron chi connectivity index (χ3n) is 8.79. The first kappa shape index (κ1) is 36.9. The van der Waals surface area contributed by atoms with Crippen molar-refractivity contribution < 1.29 is 51.1 Å². The number of aryl methyl sites for hydroxylation is 1. The second-order valence-corrected chi connectivity index (χ2v) is 14.7. The fourth-order valence-corrected chi connectivity index (χ4v) is 6.83. The summed E-state index contributed by atoms with van der Waals surface area (Å²) in [4.78, 5) is 48.5. The number of aliphatic carboxylic acids is 1. The zero-order valence-electron chi connectivity index (χ0n) is 27.5. The highest BCUT2D eigenvalue weighted by molar-refractivity contribution is 7.80. The number of nitrogen functional groups attached to an aromatic ring is 1. The maximum atomic E-state index is 13.5. The number of fused-ring (bicyclic) bond motifs is 1. The molecule has 0 radical (unpaired) electrons. The third kappa shape index (κ3) is 7.37. The van der Waals surface area contributed by atoms with E-state index in [0.29, 0.717) is 28.4 Å². The Hall–Kier alpha value is -4.41. The van der Waals surface area contributed by atoms with Gasteiger partial charge < -0.3 is 41.5 Å². The largest absolute Gasteiger partial charge is 0.485 e. The van der Waals surface area contributed by atoms with E-state index in [9.17, 15) is 27.9 Å². The molecule has 3 atom stereocenters. The number of ether oxygens (including phenoxy) is 2. The number of hydrogen-bond acceptors (Lipinski definition) is 15. The molecule has 0 spiro atoms. The fourth-order valence-electron chi connectivity index (χ4n) is 5.82. The lowest BCUT2D eigenvalue weighted by molar-refractivity contribution is -0.218. The van der Waals surface area contributed by atoms with Crippen LogP contribution in [0, 0.1) is 5.41 Å². The van der Waals surface area contributed by atoms with Crippen LogP contribution in [0.25, 0.3) is 0 Å². The van der Waals surface area contributed by atoms with Crippen molar-refractivity contribution in [2.24, 2.45) is 10.9 Å². The minimum Gasteiger partial charge on any atom is -0.485 e. The number of nitrogens with zero attached hydrogens (tertiary/aromatic N) is 3. The minimum atomic E-state index is -5.04. The topological polar surface area (TPSA) is 291 Å². The van der Waals surface area contributed by atoms with Crippen molar-refractivity contribution in [3.05, 3.63) is 39.9 Å². The standard InChI is InChI=1S/C29H38N8O11S2/c1-28(2)22(25(39)37(28)48-50(42,43)44)35-24(38)21(18-12-49-27(32)34-18)36-47-29(3,26(40)41)20-6-5-13-7-17(14(11-45-4)8-19(13)46-20)23(31)33-16-9-15(30)10-16/h7-8,12,15-16,20,22H,5-6,9-11,30H2,1-4H3,(H2,31,33)(H2,32,34)(H,35,38)(H,40,41)(H,42,43,44)/b36-21-/t15?,16?,20-,22-,29+/m1/s1. The Bertz CT molecular complexity index is 1840. The Morgan fingerprint density at radius 3 is 2.56 bits per heavy atom. The van der Waals surface area contributed by atoms with Gasteiger partial charge in [-0.25, -0.2) is 9.78 Å². The highest BCUT2D eigenvalue weighted by Gasteiger charge is 2.58. The summed E-state index contributed by atoms with van der Waals surface area (Å²) in [6.45, 7) is 4.11. The van der Waals surface area contributed by atoms with Crippen molar-refractivity contribution in [2.45, 2.75) is 88.4 Å². The first-order valence-corrected chi connectivity index (χ1v) is 17.5. The van der Waals surface area contributed by atoms with E-state index in [4.69, 9.17) is 35.7 Å². The van der Waals surface area contributed by atoms with Crippen LogP contribution >= 0.6 is 11.3 Å². The number of nitrogens with two attached hydrogens (primary N) is 2. The summed E-state index contributed by atoms with van der Waals surface area (Å²) in [6.07, 6.45) is 0.916. The molecule has 272 valence electrons. The third-order valence-corrected chi connectivity index (χ3v) is 9.80. The van der Waals surface area contributed by atoms with Gasteiger partial charge in [-0.05, 0) is 69.7 Å². The first-order chi connectivity index (χ1) is 23.3. The van der Waals surface area contributed by atoms with Crippen LogP contribution in [-0.2, 0) is 51.7 Å². The van der Waals surface area contributed by atoms with Gasteiger partial charge in [-0.2, -0.15) is 13.5 Å². The summed E-state index contributed by atoms with van der Waals surface area (Å²) < 4.78 is 47.3. The minimum absolute atomic E-state index is 0.0484. The summed E-state index contributed by atoms with van der Waals surface area (Å²) >= 11 is 0.956. The summed E-state index contributed by atoms with van der Waals surface area (Å²) in [7, 11) is -3.53.